The van der Waals surface area contributed by atoms with Gasteiger partial charge in [0, 0.05) is 16.9 Å². The van der Waals surface area contributed by atoms with Crippen molar-refractivity contribution < 1.29 is 14.4 Å². The smallest absolute Gasteiger partial charge is 0.283 e. The maximum atomic E-state index is 13.0. The van der Waals surface area contributed by atoms with E-state index in [1.165, 1.54) is 0 Å². The second-order valence-electron chi connectivity index (χ2n) is 7.89. The number of hydrogen-bond donors (Lipinski definition) is 2. The van der Waals surface area contributed by atoms with Crippen molar-refractivity contribution in [1.29, 1.82) is 0 Å². The van der Waals surface area contributed by atoms with E-state index in [0.29, 0.717) is 22.6 Å². The minimum Gasteiger partial charge on any atom is -0.349 e. The summed E-state index contributed by atoms with van der Waals surface area (Å²) in [6, 6.07) is 19.6. The van der Waals surface area contributed by atoms with Crippen molar-refractivity contribution in [2.75, 3.05) is 15.5 Å². The molecular formula is C26H22ClN3O3. The highest BCUT2D eigenvalue weighted by Crippen LogP contribution is 2.31. The Bertz CT molecular complexity index is 1310. The Morgan fingerprint density at radius 3 is 2.18 bits per heavy atom. The van der Waals surface area contributed by atoms with Gasteiger partial charge in [-0.15, -0.1) is 0 Å². The number of aryl methyl sites for hydroxylation is 3. The molecule has 0 atom stereocenters. The standard InChI is InChI=1S/C26H22ClN3O3/c1-15-8-12-19(13-9-15)30-25(32)22(27)23(26(30)33)28-21-14-18(11-10-17(21)3)24(31)29-20-7-5-4-6-16(20)2/h4-14,28H,1-3H3,(H,29,31). The van der Waals surface area contributed by atoms with Gasteiger partial charge < -0.3 is 10.6 Å². The molecule has 6 nitrogen and oxygen atoms in total. The first-order chi connectivity index (χ1) is 15.8. The van der Waals surface area contributed by atoms with Crippen LogP contribution in [0.3, 0.4) is 0 Å². The first-order valence-electron chi connectivity index (χ1n) is 10.4. The summed E-state index contributed by atoms with van der Waals surface area (Å²) in [5.74, 6) is -1.44. The van der Waals surface area contributed by atoms with Crippen LogP contribution in [-0.4, -0.2) is 17.7 Å². The van der Waals surface area contributed by atoms with Gasteiger partial charge in [-0.3, -0.25) is 14.4 Å². The molecule has 0 unspecified atom stereocenters. The van der Waals surface area contributed by atoms with Crippen LogP contribution in [-0.2, 0) is 9.59 Å². The summed E-state index contributed by atoms with van der Waals surface area (Å²) in [6.45, 7) is 5.66. The average molecular weight is 460 g/mol. The molecule has 1 aliphatic rings. The van der Waals surface area contributed by atoms with E-state index in [0.717, 1.165) is 21.6 Å². The van der Waals surface area contributed by atoms with Gasteiger partial charge in [0.2, 0.25) is 0 Å². The van der Waals surface area contributed by atoms with Gasteiger partial charge in [0.25, 0.3) is 17.7 Å². The highest BCUT2D eigenvalue weighted by Gasteiger charge is 2.39. The zero-order chi connectivity index (χ0) is 23.7. The number of rotatable bonds is 5. The first kappa shape index (κ1) is 22.3. The van der Waals surface area contributed by atoms with Gasteiger partial charge in [0.15, 0.2) is 0 Å². The fraction of sp³-hybridized carbons (Fsp3) is 0.115. The van der Waals surface area contributed by atoms with Crippen LogP contribution in [0, 0.1) is 20.8 Å². The van der Waals surface area contributed by atoms with Crippen LogP contribution in [0.5, 0.6) is 0 Å². The molecule has 1 aliphatic heterocycles. The predicted molar refractivity (Wildman–Crippen MR) is 130 cm³/mol. The third-order valence-electron chi connectivity index (χ3n) is 5.47. The highest BCUT2D eigenvalue weighted by molar-refractivity contribution is 6.53. The van der Waals surface area contributed by atoms with E-state index < -0.39 is 11.8 Å². The van der Waals surface area contributed by atoms with E-state index in [2.05, 4.69) is 10.6 Å². The summed E-state index contributed by atoms with van der Waals surface area (Å²) >= 11 is 6.25. The topological polar surface area (TPSA) is 78.5 Å². The summed E-state index contributed by atoms with van der Waals surface area (Å²) in [5, 5.41) is 5.67. The molecule has 0 aromatic heterocycles. The van der Waals surface area contributed by atoms with Crippen molar-refractivity contribution in [2.45, 2.75) is 20.8 Å². The van der Waals surface area contributed by atoms with Crippen molar-refractivity contribution in [1.82, 2.24) is 0 Å². The third kappa shape index (κ3) is 4.38. The number of carbonyl (C=O) groups is 3. The molecule has 0 radical (unpaired) electrons. The average Bonchev–Trinajstić information content (AvgIpc) is 3.00. The second kappa shape index (κ2) is 8.92. The SMILES string of the molecule is Cc1ccc(N2C(=O)C(Cl)=C(Nc3cc(C(=O)Nc4ccccc4C)ccc3C)C2=O)cc1. The van der Waals surface area contributed by atoms with Crippen molar-refractivity contribution >= 4 is 46.4 Å². The molecule has 0 fully saturated rings. The van der Waals surface area contributed by atoms with Crippen molar-refractivity contribution in [3.63, 3.8) is 0 Å². The lowest BCUT2D eigenvalue weighted by molar-refractivity contribution is -0.120. The fourth-order valence-electron chi connectivity index (χ4n) is 3.48. The summed E-state index contributed by atoms with van der Waals surface area (Å²) in [7, 11) is 0. The number of imide groups is 1. The van der Waals surface area contributed by atoms with E-state index >= 15 is 0 Å². The maximum Gasteiger partial charge on any atom is 0.283 e. The van der Waals surface area contributed by atoms with Gasteiger partial charge in [0.1, 0.15) is 10.7 Å². The molecule has 33 heavy (non-hydrogen) atoms. The van der Waals surface area contributed by atoms with Crippen molar-refractivity contribution in [2.24, 2.45) is 0 Å². The zero-order valence-corrected chi connectivity index (χ0v) is 19.2. The van der Waals surface area contributed by atoms with Crippen LogP contribution in [0.4, 0.5) is 17.1 Å². The first-order valence-corrected chi connectivity index (χ1v) is 10.7. The Labute approximate surface area is 196 Å². The summed E-state index contributed by atoms with van der Waals surface area (Å²) in [4.78, 5) is 39.6. The molecule has 0 saturated carbocycles. The summed E-state index contributed by atoms with van der Waals surface area (Å²) in [5.41, 5.74) is 4.77. The van der Waals surface area contributed by atoms with Gasteiger partial charge in [-0.25, -0.2) is 4.90 Å². The Morgan fingerprint density at radius 1 is 0.818 bits per heavy atom. The molecule has 166 valence electrons. The molecule has 2 N–H and O–H groups in total. The minimum atomic E-state index is -0.598. The summed E-state index contributed by atoms with van der Waals surface area (Å²) in [6.07, 6.45) is 0. The number of nitrogens with one attached hydrogen (secondary N) is 2. The number of carbonyl (C=O) groups excluding carboxylic acids is 3. The summed E-state index contributed by atoms with van der Waals surface area (Å²) < 4.78 is 0. The van der Waals surface area contributed by atoms with Crippen LogP contribution in [0.15, 0.2) is 77.5 Å². The van der Waals surface area contributed by atoms with E-state index in [1.807, 2.05) is 57.2 Å². The lowest BCUT2D eigenvalue weighted by Gasteiger charge is -2.16. The van der Waals surface area contributed by atoms with E-state index in [9.17, 15) is 14.4 Å². The molecule has 0 spiro atoms. The van der Waals surface area contributed by atoms with Crippen LogP contribution < -0.4 is 15.5 Å². The number of nitrogens with zero attached hydrogens (tertiary/aromatic N) is 1. The van der Waals surface area contributed by atoms with Gasteiger partial charge in [-0.1, -0.05) is 53.6 Å². The lowest BCUT2D eigenvalue weighted by Crippen LogP contribution is -2.32. The molecular weight excluding hydrogens is 438 g/mol. The third-order valence-corrected chi connectivity index (χ3v) is 5.82. The zero-order valence-electron chi connectivity index (χ0n) is 18.4. The number of halogens is 1. The normalized spacial score (nSPS) is 13.5. The largest absolute Gasteiger partial charge is 0.349 e. The molecule has 0 bridgehead atoms. The number of benzene rings is 3. The Kier molecular flexibility index (Phi) is 6.03. The number of amides is 3. The highest BCUT2D eigenvalue weighted by atomic mass is 35.5. The van der Waals surface area contributed by atoms with Gasteiger partial charge in [-0.05, 0) is 62.2 Å². The van der Waals surface area contributed by atoms with E-state index in [4.69, 9.17) is 11.6 Å². The second-order valence-corrected chi connectivity index (χ2v) is 8.27. The van der Waals surface area contributed by atoms with Crippen molar-refractivity contribution in [3.8, 4) is 0 Å². The Balaban J connectivity index is 1.59. The minimum absolute atomic E-state index is 0.0261. The Morgan fingerprint density at radius 2 is 1.48 bits per heavy atom. The Hall–Kier alpha value is -3.90. The van der Waals surface area contributed by atoms with Crippen LogP contribution in [0.1, 0.15) is 27.0 Å². The molecule has 7 heteroatoms. The molecule has 0 saturated heterocycles. The van der Waals surface area contributed by atoms with E-state index in [1.54, 1.807) is 30.3 Å². The van der Waals surface area contributed by atoms with Crippen LogP contribution in [0.2, 0.25) is 0 Å². The van der Waals surface area contributed by atoms with Gasteiger partial charge in [0.05, 0.1) is 5.69 Å². The fourth-order valence-corrected chi connectivity index (χ4v) is 3.69. The van der Waals surface area contributed by atoms with Crippen LogP contribution in [0.25, 0.3) is 0 Å². The number of hydrogen-bond acceptors (Lipinski definition) is 4. The van der Waals surface area contributed by atoms with E-state index in [-0.39, 0.29) is 16.6 Å². The van der Waals surface area contributed by atoms with Crippen LogP contribution >= 0.6 is 11.6 Å². The molecule has 0 aliphatic carbocycles. The maximum absolute atomic E-state index is 13.0. The number of anilines is 3. The molecule has 3 aromatic carbocycles. The van der Waals surface area contributed by atoms with Gasteiger partial charge >= 0.3 is 0 Å². The quantitative estimate of drug-likeness (QED) is 0.507. The molecule has 3 amide bonds. The molecule has 4 rings (SSSR count). The lowest BCUT2D eigenvalue weighted by atomic mass is 10.1. The van der Waals surface area contributed by atoms with Crippen molar-refractivity contribution in [3.05, 3.63) is 99.7 Å². The molecule has 1 heterocycles. The monoisotopic (exact) mass is 459 g/mol. The molecule has 3 aromatic rings. The number of para-hydroxylation sites is 1. The van der Waals surface area contributed by atoms with Gasteiger partial charge in [-0.2, -0.15) is 0 Å². The predicted octanol–water partition coefficient (Wildman–Crippen LogP) is 5.30.